The van der Waals surface area contributed by atoms with E-state index in [4.69, 9.17) is 13.9 Å². The summed E-state index contributed by atoms with van der Waals surface area (Å²) in [5.74, 6) is 2.99. The van der Waals surface area contributed by atoms with E-state index in [0.29, 0.717) is 11.8 Å². The Morgan fingerprint density at radius 1 is 1.14 bits per heavy atom. The van der Waals surface area contributed by atoms with Crippen LogP contribution in [0.2, 0.25) is 0 Å². The Morgan fingerprint density at radius 2 is 2.07 bits per heavy atom. The second-order valence-corrected chi connectivity index (χ2v) is 6.91. The van der Waals surface area contributed by atoms with Crippen molar-refractivity contribution in [3.05, 3.63) is 54.2 Å². The normalized spacial score (nSPS) is 17.4. The van der Waals surface area contributed by atoms with Gasteiger partial charge in [-0.3, -0.25) is 9.88 Å². The minimum absolute atomic E-state index is 0.225. The molecule has 1 aliphatic heterocycles. The summed E-state index contributed by atoms with van der Waals surface area (Å²) in [7, 11) is 3.34. The van der Waals surface area contributed by atoms with Crippen molar-refractivity contribution in [2.75, 3.05) is 27.3 Å². The first kappa shape index (κ1) is 18.4. The van der Waals surface area contributed by atoms with Gasteiger partial charge in [-0.2, -0.15) is 0 Å². The van der Waals surface area contributed by atoms with Crippen LogP contribution >= 0.6 is 0 Å². The molecule has 1 saturated heterocycles. The van der Waals surface area contributed by atoms with Crippen LogP contribution in [-0.2, 0) is 6.54 Å². The van der Waals surface area contributed by atoms with Crippen molar-refractivity contribution < 1.29 is 13.9 Å². The molecule has 0 bridgehead atoms. The van der Waals surface area contributed by atoms with Crippen molar-refractivity contribution in [1.82, 2.24) is 20.1 Å². The lowest BCUT2D eigenvalue weighted by molar-refractivity contribution is 0.184. The molecule has 0 amide bonds. The minimum Gasteiger partial charge on any atom is -0.493 e. The Labute approximate surface area is 164 Å². The van der Waals surface area contributed by atoms with Crippen molar-refractivity contribution in [2.45, 2.75) is 25.3 Å². The molecule has 1 fully saturated rings. The predicted molar refractivity (Wildman–Crippen MR) is 104 cm³/mol. The highest BCUT2D eigenvalue weighted by Crippen LogP contribution is 2.34. The molecule has 0 saturated carbocycles. The summed E-state index contributed by atoms with van der Waals surface area (Å²) in [6.45, 7) is 2.69. The van der Waals surface area contributed by atoms with Crippen LogP contribution in [0.1, 0.15) is 30.2 Å². The number of para-hydroxylation sites is 1. The van der Waals surface area contributed by atoms with Crippen molar-refractivity contribution >= 4 is 0 Å². The highest BCUT2D eigenvalue weighted by atomic mass is 16.5. The summed E-state index contributed by atoms with van der Waals surface area (Å²) in [5, 5.41) is 8.51. The Kier molecular flexibility index (Phi) is 5.53. The number of hydrogen-bond donors (Lipinski definition) is 0. The molecule has 0 aliphatic carbocycles. The SMILES string of the molecule is COc1cccc(CN2CCCC(c3nnc(-c4cccnc4)o3)C2)c1OC. The lowest BCUT2D eigenvalue weighted by Gasteiger charge is -2.31. The Morgan fingerprint density at radius 3 is 2.86 bits per heavy atom. The standard InChI is InChI=1S/C21H24N4O3/c1-26-18-9-3-6-16(19(18)27-2)13-25-11-5-8-17(14-25)21-24-23-20(28-21)15-7-4-10-22-12-15/h3-4,6-7,9-10,12,17H,5,8,11,13-14H2,1-2H3. The van der Waals surface area contributed by atoms with E-state index in [9.17, 15) is 0 Å². The molecule has 1 aromatic carbocycles. The largest absolute Gasteiger partial charge is 0.493 e. The van der Waals surface area contributed by atoms with Gasteiger partial charge in [0.15, 0.2) is 11.5 Å². The van der Waals surface area contributed by atoms with E-state index in [1.807, 2.05) is 24.3 Å². The molecule has 1 atom stereocenters. The average Bonchev–Trinajstić information content (AvgIpc) is 3.25. The molecule has 28 heavy (non-hydrogen) atoms. The molecule has 0 spiro atoms. The molecule has 3 aromatic rings. The minimum atomic E-state index is 0.225. The van der Waals surface area contributed by atoms with Crippen molar-refractivity contribution in [3.63, 3.8) is 0 Å². The van der Waals surface area contributed by atoms with Gasteiger partial charge in [0.25, 0.3) is 0 Å². The number of hydrogen-bond acceptors (Lipinski definition) is 7. The Bertz CT molecular complexity index is 913. The third-order valence-corrected chi connectivity index (χ3v) is 5.08. The molecule has 7 heteroatoms. The van der Waals surface area contributed by atoms with Gasteiger partial charge in [-0.15, -0.1) is 10.2 Å². The number of aromatic nitrogens is 3. The number of piperidine rings is 1. The number of methoxy groups -OCH3 is 2. The van der Waals surface area contributed by atoms with Gasteiger partial charge in [0.2, 0.25) is 11.8 Å². The van der Waals surface area contributed by atoms with Crippen LogP contribution in [0.15, 0.2) is 47.1 Å². The van der Waals surface area contributed by atoms with Crippen LogP contribution in [0.4, 0.5) is 0 Å². The maximum Gasteiger partial charge on any atom is 0.249 e. The van der Waals surface area contributed by atoms with Crippen LogP contribution in [0.5, 0.6) is 11.5 Å². The fourth-order valence-electron chi connectivity index (χ4n) is 3.73. The molecule has 0 radical (unpaired) electrons. The van der Waals surface area contributed by atoms with Crippen molar-refractivity contribution in [3.8, 4) is 23.0 Å². The summed E-state index contributed by atoms with van der Waals surface area (Å²) < 4.78 is 16.9. The topological polar surface area (TPSA) is 73.5 Å². The third kappa shape index (κ3) is 3.84. The maximum atomic E-state index is 5.96. The highest BCUT2D eigenvalue weighted by molar-refractivity contribution is 5.50. The van der Waals surface area contributed by atoms with Crippen molar-refractivity contribution in [1.29, 1.82) is 0 Å². The summed E-state index contributed by atoms with van der Waals surface area (Å²) in [5.41, 5.74) is 1.96. The predicted octanol–water partition coefficient (Wildman–Crippen LogP) is 3.53. The maximum absolute atomic E-state index is 5.96. The average molecular weight is 380 g/mol. The lowest BCUT2D eigenvalue weighted by atomic mass is 9.97. The van der Waals surface area contributed by atoms with Gasteiger partial charge in [-0.05, 0) is 37.6 Å². The number of nitrogens with zero attached hydrogens (tertiary/aromatic N) is 4. The molecule has 146 valence electrons. The molecule has 1 unspecified atom stereocenters. The second-order valence-electron chi connectivity index (χ2n) is 6.91. The van der Waals surface area contributed by atoms with Crippen LogP contribution in [0.25, 0.3) is 11.5 Å². The van der Waals surface area contributed by atoms with E-state index in [1.54, 1.807) is 26.6 Å². The van der Waals surface area contributed by atoms with Gasteiger partial charge >= 0.3 is 0 Å². The van der Waals surface area contributed by atoms with E-state index >= 15 is 0 Å². The van der Waals surface area contributed by atoms with E-state index in [-0.39, 0.29) is 5.92 Å². The number of rotatable bonds is 6. The fraction of sp³-hybridized carbons (Fsp3) is 0.381. The van der Waals surface area contributed by atoms with Gasteiger partial charge in [0.1, 0.15) is 0 Å². The van der Waals surface area contributed by atoms with E-state index in [1.165, 1.54) is 0 Å². The molecule has 3 heterocycles. The number of benzene rings is 1. The summed E-state index contributed by atoms with van der Waals surface area (Å²) >= 11 is 0. The van der Waals surface area contributed by atoms with Gasteiger partial charge in [0.05, 0.1) is 25.7 Å². The third-order valence-electron chi connectivity index (χ3n) is 5.08. The lowest BCUT2D eigenvalue weighted by Crippen LogP contribution is -2.34. The molecule has 7 nitrogen and oxygen atoms in total. The first-order chi connectivity index (χ1) is 13.8. The van der Waals surface area contributed by atoms with Gasteiger partial charge in [0, 0.05) is 31.0 Å². The molecule has 1 aliphatic rings. The van der Waals surface area contributed by atoms with Crippen molar-refractivity contribution in [2.24, 2.45) is 0 Å². The van der Waals surface area contributed by atoms with E-state index in [2.05, 4.69) is 26.1 Å². The zero-order chi connectivity index (χ0) is 19.3. The highest BCUT2D eigenvalue weighted by Gasteiger charge is 2.27. The number of pyridine rings is 1. The first-order valence-electron chi connectivity index (χ1n) is 9.44. The summed E-state index contributed by atoms with van der Waals surface area (Å²) in [4.78, 5) is 6.52. The monoisotopic (exact) mass is 380 g/mol. The molecule has 4 rings (SSSR count). The molecular weight excluding hydrogens is 356 g/mol. The quantitative estimate of drug-likeness (QED) is 0.648. The van der Waals surface area contributed by atoms with Crippen LogP contribution in [0, 0.1) is 0 Å². The number of ether oxygens (including phenoxy) is 2. The van der Waals surface area contributed by atoms with Crippen LogP contribution < -0.4 is 9.47 Å². The summed E-state index contributed by atoms with van der Waals surface area (Å²) in [6, 6.07) is 9.78. The zero-order valence-electron chi connectivity index (χ0n) is 16.2. The first-order valence-corrected chi connectivity index (χ1v) is 9.44. The number of likely N-dealkylation sites (tertiary alicyclic amines) is 1. The summed E-state index contributed by atoms with van der Waals surface area (Å²) in [6.07, 6.45) is 5.59. The molecule has 0 N–H and O–H groups in total. The second kappa shape index (κ2) is 8.39. The molecule has 2 aromatic heterocycles. The zero-order valence-corrected chi connectivity index (χ0v) is 16.2. The Balaban J connectivity index is 1.48. The van der Waals surface area contributed by atoms with Gasteiger partial charge < -0.3 is 13.9 Å². The smallest absolute Gasteiger partial charge is 0.249 e. The fourth-order valence-corrected chi connectivity index (χ4v) is 3.73. The van der Waals surface area contributed by atoms with Crippen LogP contribution in [-0.4, -0.2) is 47.4 Å². The van der Waals surface area contributed by atoms with E-state index in [0.717, 1.165) is 55.1 Å². The molecular formula is C21H24N4O3. The van der Waals surface area contributed by atoms with Gasteiger partial charge in [-0.25, -0.2) is 0 Å². The van der Waals surface area contributed by atoms with E-state index < -0.39 is 0 Å². The van der Waals surface area contributed by atoms with Crippen LogP contribution in [0.3, 0.4) is 0 Å². The Hall–Kier alpha value is -2.93. The van der Waals surface area contributed by atoms with Gasteiger partial charge in [-0.1, -0.05) is 12.1 Å².